The van der Waals surface area contributed by atoms with Gasteiger partial charge >= 0.3 is 6.18 Å². The zero-order valence-corrected chi connectivity index (χ0v) is 11.8. The molecule has 0 heterocycles. The summed E-state index contributed by atoms with van der Waals surface area (Å²) in [6, 6.07) is 9.34. The van der Waals surface area contributed by atoms with Crippen LogP contribution in [0, 0.1) is 13.8 Å². The van der Waals surface area contributed by atoms with Crippen molar-refractivity contribution in [3.63, 3.8) is 0 Å². The summed E-state index contributed by atoms with van der Waals surface area (Å²) in [6.07, 6.45) is -4.45. The van der Waals surface area contributed by atoms with Crippen LogP contribution in [-0.2, 0) is 12.7 Å². The van der Waals surface area contributed by atoms with Gasteiger partial charge in [-0.25, -0.2) is 0 Å². The first-order valence-electron chi connectivity index (χ1n) is 6.46. The Labute approximate surface area is 121 Å². The van der Waals surface area contributed by atoms with Crippen LogP contribution >= 0.6 is 0 Å². The second-order valence-electron chi connectivity index (χ2n) is 4.89. The number of hydrogen-bond donors (Lipinski definition) is 1. The van der Waals surface area contributed by atoms with Crippen LogP contribution < -0.4 is 10.5 Å². The molecule has 2 aromatic carbocycles. The quantitative estimate of drug-likeness (QED) is 0.900. The molecule has 0 saturated carbocycles. The van der Waals surface area contributed by atoms with Crippen molar-refractivity contribution < 1.29 is 17.9 Å². The first kappa shape index (κ1) is 15.4. The second-order valence-corrected chi connectivity index (χ2v) is 4.89. The van der Waals surface area contributed by atoms with Crippen LogP contribution in [0.5, 0.6) is 11.5 Å². The molecule has 0 aliphatic rings. The lowest BCUT2D eigenvalue weighted by Gasteiger charge is -2.15. The van der Waals surface area contributed by atoms with Crippen LogP contribution in [0.25, 0.3) is 0 Å². The van der Waals surface area contributed by atoms with E-state index in [2.05, 4.69) is 0 Å². The SMILES string of the molecule is Cc1ccc(Oc2ccc(CN)c(C(F)(F)F)c2)c(C)c1. The average Bonchev–Trinajstić information content (AvgIpc) is 2.41. The normalized spacial score (nSPS) is 11.5. The molecule has 5 heteroatoms. The molecule has 112 valence electrons. The standard InChI is InChI=1S/C16H16F3NO/c1-10-3-6-15(11(2)7-10)21-13-5-4-12(9-20)14(8-13)16(17,18)19/h3-8H,9,20H2,1-2H3. The molecule has 0 aliphatic carbocycles. The number of halogens is 3. The summed E-state index contributed by atoms with van der Waals surface area (Å²) >= 11 is 0. The molecule has 0 aromatic heterocycles. The van der Waals surface area contributed by atoms with Crippen molar-refractivity contribution >= 4 is 0 Å². The molecular weight excluding hydrogens is 279 g/mol. The van der Waals surface area contributed by atoms with Crippen molar-refractivity contribution in [1.82, 2.24) is 0 Å². The van der Waals surface area contributed by atoms with Gasteiger partial charge in [0.1, 0.15) is 11.5 Å². The van der Waals surface area contributed by atoms with Gasteiger partial charge in [0.2, 0.25) is 0 Å². The molecule has 2 rings (SSSR count). The fourth-order valence-corrected chi connectivity index (χ4v) is 2.10. The Morgan fingerprint density at radius 3 is 2.33 bits per heavy atom. The van der Waals surface area contributed by atoms with E-state index in [1.807, 2.05) is 26.0 Å². The third kappa shape index (κ3) is 3.55. The van der Waals surface area contributed by atoms with E-state index in [0.29, 0.717) is 5.75 Å². The Morgan fingerprint density at radius 2 is 1.76 bits per heavy atom. The van der Waals surface area contributed by atoms with E-state index in [-0.39, 0.29) is 17.9 Å². The molecular formula is C16H16F3NO. The molecule has 0 amide bonds. The van der Waals surface area contributed by atoms with Crippen LogP contribution in [0.4, 0.5) is 13.2 Å². The van der Waals surface area contributed by atoms with Gasteiger partial charge in [-0.2, -0.15) is 13.2 Å². The van der Waals surface area contributed by atoms with E-state index in [1.165, 1.54) is 12.1 Å². The second kappa shape index (κ2) is 5.77. The minimum atomic E-state index is -4.45. The minimum Gasteiger partial charge on any atom is -0.457 e. The van der Waals surface area contributed by atoms with Crippen molar-refractivity contribution in [2.45, 2.75) is 26.6 Å². The molecule has 0 saturated heterocycles. The Kier molecular flexibility index (Phi) is 4.23. The number of hydrogen-bond acceptors (Lipinski definition) is 2. The maximum absolute atomic E-state index is 13.0. The lowest BCUT2D eigenvalue weighted by molar-refractivity contribution is -0.138. The molecule has 0 atom stereocenters. The highest BCUT2D eigenvalue weighted by molar-refractivity contribution is 5.42. The van der Waals surface area contributed by atoms with Crippen LogP contribution in [0.1, 0.15) is 22.3 Å². The van der Waals surface area contributed by atoms with Crippen molar-refractivity contribution in [2.75, 3.05) is 0 Å². The third-order valence-electron chi connectivity index (χ3n) is 3.16. The summed E-state index contributed by atoms with van der Waals surface area (Å²) in [6.45, 7) is 3.62. The van der Waals surface area contributed by atoms with Gasteiger partial charge in [-0.3, -0.25) is 0 Å². The van der Waals surface area contributed by atoms with Crippen LogP contribution in [0.15, 0.2) is 36.4 Å². The van der Waals surface area contributed by atoms with Crippen LogP contribution in [0.3, 0.4) is 0 Å². The van der Waals surface area contributed by atoms with Gasteiger partial charge < -0.3 is 10.5 Å². The Balaban J connectivity index is 2.37. The molecule has 0 radical (unpaired) electrons. The summed E-state index contributed by atoms with van der Waals surface area (Å²) in [5, 5.41) is 0. The van der Waals surface area contributed by atoms with Crippen molar-refractivity contribution in [2.24, 2.45) is 5.73 Å². The maximum atomic E-state index is 13.0. The molecule has 0 aliphatic heterocycles. The van der Waals surface area contributed by atoms with Crippen LogP contribution in [-0.4, -0.2) is 0 Å². The van der Waals surface area contributed by atoms with Gasteiger partial charge in [-0.1, -0.05) is 23.8 Å². The molecule has 2 nitrogen and oxygen atoms in total. The zero-order chi connectivity index (χ0) is 15.6. The molecule has 0 spiro atoms. The first-order valence-corrected chi connectivity index (χ1v) is 6.46. The number of nitrogens with two attached hydrogens (primary N) is 1. The van der Waals surface area contributed by atoms with Gasteiger partial charge in [0, 0.05) is 6.54 Å². The van der Waals surface area contributed by atoms with Crippen molar-refractivity contribution in [1.29, 1.82) is 0 Å². The fourth-order valence-electron chi connectivity index (χ4n) is 2.10. The lowest BCUT2D eigenvalue weighted by atomic mass is 10.1. The Morgan fingerprint density at radius 1 is 1.05 bits per heavy atom. The largest absolute Gasteiger partial charge is 0.457 e. The van der Waals surface area contributed by atoms with E-state index in [0.717, 1.165) is 17.2 Å². The van der Waals surface area contributed by atoms with E-state index in [9.17, 15) is 13.2 Å². The zero-order valence-electron chi connectivity index (χ0n) is 11.8. The molecule has 0 fully saturated rings. The smallest absolute Gasteiger partial charge is 0.416 e. The average molecular weight is 295 g/mol. The third-order valence-corrected chi connectivity index (χ3v) is 3.16. The van der Waals surface area contributed by atoms with E-state index in [4.69, 9.17) is 10.5 Å². The highest BCUT2D eigenvalue weighted by Crippen LogP contribution is 2.36. The Hall–Kier alpha value is -2.01. The summed E-state index contributed by atoms with van der Waals surface area (Å²) in [4.78, 5) is 0. The summed E-state index contributed by atoms with van der Waals surface area (Å²) in [5.41, 5.74) is 6.58. The highest BCUT2D eigenvalue weighted by Gasteiger charge is 2.33. The predicted molar refractivity (Wildman–Crippen MR) is 75.3 cm³/mol. The number of rotatable bonds is 3. The summed E-state index contributed by atoms with van der Waals surface area (Å²) < 4.78 is 44.5. The van der Waals surface area contributed by atoms with E-state index < -0.39 is 11.7 Å². The van der Waals surface area contributed by atoms with E-state index >= 15 is 0 Å². The molecule has 2 N–H and O–H groups in total. The topological polar surface area (TPSA) is 35.2 Å². The molecule has 0 unspecified atom stereocenters. The minimum absolute atomic E-state index is 0.0514. The van der Waals surface area contributed by atoms with Gasteiger partial charge in [0.15, 0.2) is 0 Å². The fraction of sp³-hybridized carbons (Fsp3) is 0.250. The number of aryl methyl sites for hydroxylation is 2. The monoisotopic (exact) mass is 295 g/mol. The van der Waals surface area contributed by atoms with Gasteiger partial charge in [0.05, 0.1) is 5.56 Å². The van der Waals surface area contributed by atoms with Gasteiger partial charge in [-0.05, 0) is 43.2 Å². The lowest BCUT2D eigenvalue weighted by Crippen LogP contribution is -2.12. The van der Waals surface area contributed by atoms with Crippen molar-refractivity contribution in [3.05, 3.63) is 58.7 Å². The summed E-state index contributed by atoms with van der Waals surface area (Å²) in [7, 11) is 0. The van der Waals surface area contributed by atoms with E-state index in [1.54, 1.807) is 6.07 Å². The van der Waals surface area contributed by atoms with Gasteiger partial charge in [0.25, 0.3) is 0 Å². The number of alkyl halides is 3. The van der Waals surface area contributed by atoms with Gasteiger partial charge in [-0.15, -0.1) is 0 Å². The number of ether oxygens (including phenoxy) is 1. The van der Waals surface area contributed by atoms with Crippen LogP contribution in [0.2, 0.25) is 0 Å². The molecule has 2 aromatic rings. The number of benzene rings is 2. The molecule has 21 heavy (non-hydrogen) atoms. The predicted octanol–water partition coefficient (Wildman–Crippen LogP) is 4.57. The maximum Gasteiger partial charge on any atom is 0.416 e. The Bertz CT molecular complexity index is 650. The highest BCUT2D eigenvalue weighted by atomic mass is 19.4. The van der Waals surface area contributed by atoms with Crippen molar-refractivity contribution in [3.8, 4) is 11.5 Å². The first-order chi connectivity index (χ1) is 9.81. The molecule has 0 bridgehead atoms. The summed E-state index contributed by atoms with van der Waals surface area (Å²) in [5.74, 6) is 0.681.